The van der Waals surface area contributed by atoms with Crippen LogP contribution in [0.2, 0.25) is 0 Å². The number of benzene rings is 1. The Kier molecular flexibility index (Phi) is 4.55. The zero-order chi connectivity index (χ0) is 12.9. The molecule has 1 N–H and O–H groups in total. The number of hydrogen-bond acceptors (Lipinski definition) is 3. The van der Waals surface area contributed by atoms with E-state index in [0.717, 1.165) is 18.7 Å². The van der Waals surface area contributed by atoms with Gasteiger partial charge in [0.1, 0.15) is 5.60 Å². The van der Waals surface area contributed by atoms with E-state index in [4.69, 9.17) is 4.74 Å². The van der Waals surface area contributed by atoms with Gasteiger partial charge >= 0.3 is 5.97 Å². The maximum absolute atomic E-state index is 12.0. The Morgan fingerprint density at radius 2 is 1.94 bits per heavy atom. The van der Waals surface area contributed by atoms with Crippen molar-refractivity contribution in [1.82, 2.24) is 0 Å². The van der Waals surface area contributed by atoms with Crippen LogP contribution < -0.4 is 5.32 Å². The number of esters is 1. The van der Waals surface area contributed by atoms with Gasteiger partial charge in [-0.25, -0.2) is 4.79 Å². The van der Waals surface area contributed by atoms with E-state index in [1.807, 2.05) is 39.0 Å². The van der Waals surface area contributed by atoms with Crippen LogP contribution in [-0.2, 0) is 4.74 Å². The molecule has 0 saturated carbocycles. The molecule has 0 aromatic heterocycles. The molecule has 0 unspecified atom stereocenters. The molecule has 1 aromatic rings. The number of hydrogen-bond donors (Lipinski definition) is 1. The predicted molar refractivity (Wildman–Crippen MR) is 70.4 cm³/mol. The third-order valence-corrected chi connectivity index (χ3v) is 2.11. The van der Waals surface area contributed by atoms with E-state index in [-0.39, 0.29) is 5.97 Å². The van der Waals surface area contributed by atoms with Gasteiger partial charge in [0.05, 0.1) is 5.56 Å². The molecule has 1 aromatic carbocycles. The number of carbonyl (C=O) groups excluding carboxylic acids is 1. The molecule has 0 radical (unpaired) electrons. The highest BCUT2D eigenvalue weighted by atomic mass is 16.6. The maximum Gasteiger partial charge on any atom is 0.340 e. The Morgan fingerprint density at radius 3 is 2.53 bits per heavy atom. The molecule has 1 rings (SSSR count). The van der Waals surface area contributed by atoms with Gasteiger partial charge in [0.15, 0.2) is 0 Å². The SMILES string of the molecule is CCCNc1ccccc1C(=O)OC(C)(C)C. The van der Waals surface area contributed by atoms with Crippen LogP contribution in [-0.4, -0.2) is 18.1 Å². The van der Waals surface area contributed by atoms with Gasteiger partial charge in [-0.05, 0) is 39.3 Å². The normalized spacial score (nSPS) is 11.1. The molecule has 0 fully saturated rings. The lowest BCUT2D eigenvalue weighted by Crippen LogP contribution is -2.24. The second kappa shape index (κ2) is 5.71. The van der Waals surface area contributed by atoms with Crippen molar-refractivity contribution >= 4 is 11.7 Å². The lowest BCUT2D eigenvalue weighted by atomic mass is 10.1. The maximum atomic E-state index is 12.0. The van der Waals surface area contributed by atoms with E-state index in [1.165, 1.54) is 0 Å². The summed E-state index contributed by atoms with van der Waals surface area (Å²) in [5, 5.41) is 3.23. The largest absolute Gasteiger partial charge is 0.456 e. The first-order chi connectivity index (χ1) is 7.94. The van der Waals surface area contributed by atoms with Crippen LogP contribution in [0.1, 0.15) is 44.5 Å². The highest BCUT2D eigenvalue weighted by Gasteiger charge is 2.19. The molecule has 0 saturated heterocycles. The zero-order valence-electron chi connectivity index (χ0n) is 11.0. The number of nitrogens with one attached hydrogen (secondary N) is 1. The van der Waals surface area contributed by atoms with Crippen molar-refractivity contribution in [2.24, 2.45) is 0 Å². The Morgan fingerprint density at radius 1 is 1.29 bits per heavy atom. The quantitative estimate of drug-likeness (QED) is 0.812. The standard InChI is InChI=1S/C14H21NO2/c1-5-10-15-12-9-7-6-8-11(12)13(16)17-14(2,3)4/h6-9,15H,5,10H2,1-4H3. The van der Waals surface area contributed by atoms with Crippen molar-refractivity contribution < 1.29 is 9.53 Å². The number of rotatable bonds is 4. The summed E-state index contributed by atoms with van der Waals surface area (Å²) in [5.41, 5.74) is 0.967. The number of para-hydroxylation sites is 1. The molecule has 0 bridgehead atoms. The van der Waals surface area contributed by atoms with Crippen LogP contribution in [0, 0.1) is 0 Å². The van der Waals surface area contributed by atoms with Crippen molar-refractivity contribution in [3.05, 3.63) is 29.8 Å². The molecule has 0 aliphatic heterocycles. The molecule has 17 heavy (non-hydrogen) atoms. The van der Waals surface area contributed by atoms with Crippen LogP contribution in [0.5, 0.6) is 0 Å². The van der Waals surface area contributed by atoms with Crippen LogP contribution in [0.25, 0.3) is 0 Å². The molecular formula is C14H21NO2. The van der Waals surface area contributed by atoms with Crippen LogP contribution in [0.4, 0.5) is 5.69 Å². The van der Waals surface area contributed by atoms with Crippen molar-refractivity contribution in [1.29, 1.82) is 0 Å². The zero-order valence-corrected chi connectivity index (χ0v) is 11.0. The minimum absolute atomic E-state index is 0.281. The summed E-state index contributed by atoms with van der Waals surface area (Å²) in [6, 6.07) is 7.43. The van der Waals surface area contributed by atoms with Crippen LogP contribution >= 0.6 is 0 Å². The summed E-state index contributed by atoms with van der Waals surface area (Å²) < 4.78 is 5.37. The van der Waals surface area contributed by atoms with Crippen molar-refractivity contribution in [3.63, 3.8) is 0 Å². The Balaban J connectivity index is 2.85. The third-order valence-electron chi connectivity index (χ3n) is 2.11. The minimum Gasteiger partial charge on any atom is -0.456 e. The van der Waals surface area contributed by atoms with Gasteiger partial charge in [-0.15, -0.1) is 0 Å². The molecule has 0 spiro atoms. The molecule has 3 heteroatoms. The number of ether oxygens (including phenoxy) is 1. The van der Waals surface area contributed by atoms with E-state index in [0.29, 0.717) is 5.56 Å². The van der Waals surface area contributed by atoms with Gasteiger partial charge in [0.25, 0.3) is 0 Å². The summed E-state index contributed by atoms with van der Waals surface area (Å²) >= 11 is 0. The van der Waals surface area contributed by atoms with Gasteiger partial charge in [-0.3, -0.25) is 0 Å². The number of carbonyl (C=O) groups is 1. The Hall–Kier alpha value is -1.51. The third kappa shape index (κ3) is 4.47. The molecule has 0 aliphatic rings. The minimum atomic E-state index is -0.463. The van der Waals surface area contributed by atoms with E-state index < -0.39 is 5.60 Å². The van der Waals surface area contributed by atoms with Crippen molar-refractivity contribution in [2.75, 3.05) is 11.9 Å². The van der Waals surface area contributed by atoms with E-state index in [2.05, 4.69) is 12.2 Å². The summed E-state index contributed by atoms with van der Waals surface area (Å²) in [7, 11) is 0. The fourth-order valence-corrected chi connectivity index (χ4v) is 1.41. The van der Waals surface area contributed by atoms with Gasteiger partial charge < -0.3 is 10.1 Å². The fourth-order valence-electron chi connectivity index (χ4n) is 1.41. The highest BCUT2D eigenvalue weighted by Crippen LogP contribution is 2.19. The molecule has 94 valence electrons. The molecule has 0 amide bonds. The van der Waals surface area contributed by atoms with E-state index in [1.54, 1.807) is 6.07 Å². The molecular weight excluding hydrogens is 214 g/mol. The van der Waals surface area contributed by atoms with E-state index in [9.17, 15) is 4.79 Å². The van der Waals surface area contributed by atoms with Crippen LogP contribution in [0.15, 0.2) is 24.3 Å². The molecule has 0 atom stereocenters. The average molecular weight is 235 g/mol. The van der Waals surface area contributed by atoms with Crippen molar-refractivity contribution in [2.45, 2.75) is 39.7 Å². The fraction of sp³-hybridized carbons (Fsp3) is 0.500. The highest BCUT2D eigenvalue weighted by molar-refractivity contribution is 5.95. The van der Waals surface area contributed by atoms with Gasteiger partial charge in [0, 0.05) is 12.2 Å². The smallest absolute Gasteiger partial charge is 0.340 e. The average Bonchev–Trinajstić information content (AvgIpc) is 2.24. The summed E-state index contributed by atoms with van der Waals surface area (Å²) in [6.07, 6.45) is 1.02. The molecule has 0 aliphatic carbocycles. The van der Waals surface area contributed by atoms with E-state index >= 15 is 0 Å². The van der Waals surface area contributed by atoms with Crippen molar-refractivity contribution in [3.8, 4) is 0 Å². The predicted octanol–water partition coefficient (Wildman–Crippen LogP) is 3.46. The second-order valence-electron chi connectivity index (χ2n) is 4.97. The number of anilines is 1. The Labute approximate surface area is 103 Å². The van der Waals surface area contributed by atoms with Gasteiger partial charge in [-0.2, -0.15) is 0 Å². The summed E-state index contributed by atoms with van der Waals surface area (Å²) in [6.45, 7) is 8.54. The first kappa shape index (κ1) is 13.6. The lowest BCUT2D eigenvalue weighted by Gasteiger charge is -2.20. The first-order valence-corrected chi connectivity index (χ1v) is 6.00. The lowest BCUT2D eigenvalue weighted by molar-refractivity contribution is 0.00707. The molecule has 0 heterocycles. The second-order valence-corrected chi connectivity index (χ2v) is 4.97. The molecule has 3 nitrogen and oxygen atoms in total. The topological polar surface area (TPSA) is 38.3 Å². The van der Waals surface area contributed by atoms with Crippen LogP contribution in [0.3, 0.4) is 0 Å². The Bertz CT molecular complexity index is 380. The van der Waals surface area contributed by atoms with Gasteiger partial charge in [-0.1, -0.05) is 19.1 Å². The van der Waals surface area contributed by atoms with Gasteiger partial charge in [0.2, 0.25) is 0 Å². The first-order valence-electron chi connectivity index (χ1n) is 6.00. The summed E-state index contributed by atoms with van der Waals surface area (Å²) in [5.74, 6) is -0.281. The summed E-state index contributed by atoms with van der Waals surface area (Å²) in [4.78, 5) is 12.0. The monoisotopic (exact) mass is 235 g/mol.